The van der Waals surface area contributed by atoms with E-state index in [0.717, 1.165) is 24.7 Å². The standard InChI is InChI=1S/C12H20N2O4S/c1-2-6(15)10-9(17)8(16)7-11(18-10)19-12(13-7)14-4-3-5-14/h6-11,15-17H,2-5H2,1H3/t6-,7+,8+,9-,10+,11+/m0/s1. The van der Waals surface area contributed by atoms with E-state index in [1.54, 1.807) is 0 Å². The van der Waals surface area contributed by atoms with E-state index in [0.29, 0.717) is 6.42 Å². The fraction of sp³-hybridized carbons (Fsp3) is 0.917. The van der Waals surface area contributed by atoms with Crippen molar-refractivity contribution in [3.8, 4) is 0 Å². The van der Waals surface area contributed by atoms with Crippen molar-refractivity contribution in [1.82, 2.24) is 4.90 Å². The van der Waals surface area contributed by atoms with Gasteiger partial charge in [-0.15, -0.1) is 0 Å². The molecule has 0 spiro atoms. The van der Waals surface area contributed by atoms with Gasteiger partial charge in [0.25, 0.3) is 0 Å². The van der Waals surface area contributed by atoms with E-state index in [2.05, 4.69) is 9.89 Å². The minimum atomic E-state index is -1.09. The monoisotopic (exact) mass is 288 g/mol. The summed E-state index contributed by atoms with van der Waals surface area (Å²) in [6.45, 7) is 3.80. The van der Waals surface area contributed by atoms with Crippen molar-refractivity contribution in [2.45, 2.75) is 55.7 Å². The van der Waals surface area contributed by atoms with Crippen LogP contribution >= 0.6 is 11.8 Å². The number of amidine groups is 1. The third kappa shape index (κ3) is 2.27. The van der Waals surface area contributed by atoms with Gasteiger partial charge in [-0.25, -0.2) is 0 Å². The molecule has 0 radical (unpaired) electrons. The fourth-order valence-corrected chi connectivity index (χ4v) is 3.85. The lowest BCUT2D eigenvalue weighted by molar-refractivity contribution is -0.185. The third-order valence-corrected chi connectivity index (χ3v) is 5.21. The molecule has 0 unspecified atom stereocenters. The first kappa shape index (κ1) is 13.6. The largest absolute Gasteiger partial charge is 0.390 e. The highest BCUT2D eigenvalue weighted by molar-refractivity contribution is 8.14. The highest BCUT2D eigenvalue weighted by Gasteiger charge is 2.50. The summed E-state index contributed by atoms with van der Waals surface area (Å²) in [5, 5.41) is 31.0. The quantitative estimate of drug-likeness (QED) is 0.628. The lowest BCUT2D eigenvalue weighted by Crippen LogP contribution is -2.58. The first-order valence-electron chi connectivity index (χ1n) is 6.81. The number of nitrogens with zero attached hydrogens (tertiary/aromatic N) is 2. The molecule has 0 bridgehead atoms. The molecule has 6 atom stereocenters. The maximum Gasteiger partial charge on any atom is 0.162 e. The molecule has 7 heteroatoms. The van der Waals surface area contributed by atoms with Crippen molar-refractivity contribution in [2.75, 3.05) is 13.1 Å². The highest BCUT2D eigenvalue weighted by atomic mass is 32.2. The molecule has 0 aromatic rings. The molecule has 0 aromatic heterocycles. The molecule has 0 aliphatic carbocycles. The molecule has 3 heterocycles. The summed E-state index contributed by atoms with van der Waals surface area (Å²) in [5.41, 5.74) is -0.305. The summed E-state index contributed by atoms with van der Waals surface area (Å²) in [7, 11) is 0. The Morgan fingerprint density at radius 2 is 2.16 bits per heavy atom. The summed E-state index contributed by atoms with van der Waals surface area (Å²) >= 11 is 1.49. The van der Waals surface area contributed by atoms with Crippen molar-refractivity contribution < 1.29 is 20.1 Å². The molecule has 19 heavy (non-hydrogen) atoms. The van der Waals surface area contributed by atoms with Crippen LogP contribution in [-0.2, 0) is 4.74 Å². The second kappa shape index (κ2) is 5.21. The van der Waals surface area contributed by atoms with Gasteiger partial charge in [-0.3, -0.25) is 4.99 Å². The highest BCUT2D eigenvalue weighted by Crippen LogP contribution is 2.39. The second-order valence-corrected chi connectivity index (χ2v) is 6.35. The molecule has 0 amide bonds. The Morgan fingerprint density at radius 1 is 1.42 bits per heavy atom. The number of fused-ring (bicyclic) bond motifs is 1. The molecular formula is C12H20N2O4S. The number of aliphatic hydroxyl groups excluding tert-OH is 3. The first-order valence-corrected chi connectivity index (χ1v) is 7.69. The number of aliphatic hydroxyl groups is 3. The van der Waals surface area contributed by atoms with Crippen molar-refractivity contribution in [3.63, 3.8) is 0 Å². The third-order valence-electron chi connectivity index (χ3n) is 4.01. The Morgan fingerprint density at radius 3 is 2.74 bits per heavy atom. The van der Waals surface area contributed by atoms with Crippen molar-refractivity contribution in [1.29, 1.82) is 0 Å². The Bertz CT molecular complexity index is 377. The van der Waals surface area contributed by atoms with Crippen LogP contribution < -0.4 is 0 Å². The zero-order valence-corrected chi connectivity index (χ0v) is 11.7. The Balaban J connectivity index is 1.73. The minimum Gasteiger partial charge on any atom is -0.390 e. The van der Waals surface area contributed by atoms with E-state index in [4.69, 9.17) is 4.74 Å². The smallest absolute Gasteiger partial charge is 0.162 e. The Kier molecular flexibility index (Phi) is 3.74. The molecule has 2 saturated heterocycles. The van der Waals surface area contributed by atoms with Gasteiger partial charge in [0.1, 0.15) is 29.8 Å². The molecule has 108 valence electrons. The average molecular weight is 288 g/mol. The summed E-state index contributed by atoms with van der Waals surface area (Å²) < 4.78 is 5.76. The number of hydrogen-bond donors (Lipinski definition) is 3. The predicted octanol–water partition coefficient (Wildman–Crippen LogP) is -0.619. The number of likely N-dealkylation sites (tertiary alicyclic amines) is 1. The average Bonchev–Trinajstić information content (AvgIpc) is 2.74. The van der Waals surface area contributed by atoms with Gasteiger partial charge < -0.3 is 25.0 Å². The fourth-order valence-electron chi connectivity index (χ4n) is 2.58. The number of thioether (sulfide) groups is 1. The SMILES string of the molecule is CC[C@H](O)[C@H]1O[C@@H]2SC(N3CCC3)=N[C@@H]2[C@@H](O)[C@@H]1O. The normalized spacial score (nSPS) is 43.5. The van der Waals surface area contributed by atoms with Crippen LogP contribution in [0.1, 0.15) is 19.8 Å². The van der Waals surface area contributed by atoms with E-state index in [9.17, 15) is 15.3 Å². The maximum atomic E-state index is 10.2. The molecule has 3 N–H and O–H groups in total. The minimum absolute atomic E-state index is 0.305. The summed E-state index contributed by atoms with van der Waals surface area (Å²) in [6.07, 6.45) is -1.92. The Hall–Kier alpha value is -0.340. The van der Waals surface area contributed by atoms with E-state index >= 15 is 0 Å². The lowest BCUT2D eigenvalue weighted by atomic mass is 9.94. The van der Waals surface area contributed by atoms with Crippen LogP contribution in [-0.4, -0.2) is 74.4 Å². The first-order chi connectivity index (χ1) is 9.11. The van der Waals surface area contributed by atoms with E-state index in [1.807, 2.05) is 6.92 Å². The van der Waals surface area contributed by atoms with E-state index < -0.39 is 30.5 Å². The molecule has 0 aromatic carbocycles. The topological polar surface area (TPSA) is 85.5 Å². The molecule has 3 aliphatic heterocycles. The van der Waals surface area contributed by atoms with Gasteiger partial charge in [-0.2, -0.15) is 0 Å². The molecule has 2 fully saturated rings. The number of aliphatic imine (C=N–C) groups is 1. The molecule has 3 aliphatic rings. The van der Waals surface area contributed by atoms with Crippen LogP contribution in [0.15, 0.2) is 4.99 Å². The lowest BCUT2D eigenvalue weighted by Gasteiger charge is -2.40. The summed E-state index contributed by atoms with van der Waals surface area (Å²) in [4.78, 5) is 6.62. The van der Waals surface area contributed by atoms with Crippen molar-refractivity contribution in [3.05, 3.63) is 0 Å². The van der Waals surface area contributed by atoms with Gasteiger partial charge in [0.15, 0.2) is 5.17 Å². The van der Waals surface area contributed by atoms with Crippen LogP contribution in [0.2, 0.25) is 0 Å². The predicted molar refractivity (Wildman–Crippen MR) is 72.0 cm³/mol. The molecular weight excluding hydrogens is 268 g/mol. The van der Waals surface area contributed by atoms with E-state index in [-0.39, 0.29) is 5.44 Å². The van der Waals surface area contributed by atoms with Crippen LogP contribution in [0.3, 0.4) is 0 Å². The van der Waals surface area contributed by atoms with Crippen molar-refractivity contribution >= 4 is 16.9 Å². The van der Waals surface area contributed by atoms with Gasteiger partial charge >= 0.3 is 0 Å². The van der Waals surface area contributed by atoms with Crippen LogP contribution in [0.5, 0.6) is 0 Å². The zero-order valence-electron chi connectivity index (χ0n) is 10.8. The zero-order chi connectivity index (χ0) is 13.6. The molecule has 6 nitrogen and oxygen atoms in total. The van der Waals surface area contributed by atoms with Gasteiger partial charge in [-0.1, -0.05) is 18.7 Å². The molecule has 3 rings (SSSR count). The summed E-state index contributed by atoms with van der Waals surface area (Å²) in [6, 6.07) is -0.434. The molecule has 0 saturated carbocycles. The van der Waals surface area contributed by atoms with Gasteiger partial charge in [0.05, 0.1) is 6.10 Å². The van der Waals surface area contributed by atoms with Gasteiger partial charge in [-0.05, 0) is 12.8 Å². The summed E-state index contributed by atoms with van der Waals surface area (Å²) in [5.74, 6) is 0. The number of hydrogen-bond acceptors (Lipinski definition) is 7. The Labute approximate surface area is 116 Å². The van der Waals surface area contributed by atoms with Gasteiger partial charge in [0.2, 0.25) is 0 Å². The van der Waals surface area contributed by atoms with Crippen LogP contribution in [0, 0.1) is 0 Å². The van der Waals surface area contributed by atoms with Crippen LogP contribution in [0.4, 0.5) is 0 Å². The van der Waals surface area contributed by atoms with Crippen molar-refractivity contribution in [2.24, 2.45) is 4.99 Å². The number of rotatable bonds is 2. The van der Waals surface area contributed by atoms with Crippen LogP contribution in [0.25, 0.3) is 0 Å². The number of ether oxygens (including phenoxy) is 1. The second-order valence-electron chi connectivity index (χ2n) is 5.29. The van der Waals surface area contributed by atoms with E-state index in [1.165, 1.54) is 11.8 Å². The maximum absolute atomic E-state index is 10.2. The van der Waals surface area contributed by atoms with Gasteiger partial charge in [0, 0.05) is 13.1 Å².